The Kier molecular flexibility index (Phi) is 6.11. The van der Waals surface area contributed by atoms with Crippen molar-refractivity contribution in [1.29, 1.82) is 0 Å². The Hall–Kier alpha value is -3.98. The highest BCUT2D eigenvalue weighted by Gasteiger charge is 2.45. The number of hydrogen-bond donors (Lipinski definition) is 5. The van der Waals surface area contributed by atoms with Crippen molar-refractivity contribution in [2.75, 3.05) is 11.9 Å². The van der Waals surface area contributed by atoms with Crippen LogP contribution in [0.3, 0.4) is 0 Å². The number of aliphatic hydroxyl groups is 3. The molecule has 14 nitrogen and oxygen atoms in total. The molecule has 0 saturated carbocycles. The van der Waals surface area contributed by atoms with Gasteiger partial charge in [0.2, 0.25) is 11.9 Å². The number of nitrogens with zero attached hydrogens (tertiary/aromatic N) is 4. The van der Waals surface area contributed by atoms with Gasteiger partial charge in [-0.05, 0) is 18.1 Å². The molecule has 4 heterocycles. The number of carbonyl (C=O) groups excluding carboxylic acids is 3. The average molecular weight is 512 g/mol. The Bertz CT molecular complexity index is 1430. The quantitative estimate of drug-likeness (QED) is 0.255. The van der Waals surface area contributed by atoms with Crippen LogP contribution in [0.1, 0.15) is 40.8 Å². The number of aromatic nitrogens is 4. The van der Waals surface area contributed by atoms with Crippen LogP contribution in [0.4, 0.5) is 5.95 Å². The minimum Gasteiger partial charge on any atom is -0.394 e. The minimum atomic E-state index is -1.45. The molecule has 1 saturated heterocycles. The van der Waals surface area contributed by atoms with Crippen LogP contribution in [0.5, 0.6) is 0 Å². The van der Waals surface area contributed by atoms with Gasteiger partial charge in [-0.15, -0.1) is 0 Å². The first-order valence-electron chi connectivity index (χ1n) is 11.5. The van der Waals surface area contributed by atoms with E-state index in [-0.39, 0.29) is 28.2 Å². The number of H-pyrrole nitrogens is 1. The Morgan fingerprint density at radius 3 is 2.35 bits per heavy atom. The first-order chi connectivity index (χ1) is 17.6. The summed E-state index contributed by atoms with van der Waals surface area (Å²) >= 11 is 0. The van der Waals surface area contributed by atoms with Crippen molar-refractivity contribution in [3.63, 3.8) is 0 Å². The van der Waals surface area contributed by atoms with Crippen molar-refractivity contribution in [2.45, 2.75) is 44.4 Å². The number of imidazole rings is 1. The van der Waals surface area contributed by atoms with Gasteiger partial charge in [0.1, 0.15) is 24.4 Å². The number of aliphatic hydroxyl groups excluding tert-OH is 3. The third kappa shape index (κ3) is 3.90. The van der Waals surface area contributed by atoms with E-state index in [0.717, 1.165) is 4.90 Å². The largest absolute Gasteiger partial charge is 0.394 e. The molecular formula is C23H24N6O8. The zero-order valence-electron chi connectivity index (χ0n) is 19.7. The normalized spacial score (nSPS) is 24.2. The van der Waals surface area contributed by atoms with Crippen LogP contribution in [0, 0.1) is 5.92 Å². The zero-order chi connectivity index (χ0) is 26.6. The summed E-state index contributed by atoms with van der Waals surface area (Å²) in [7, 11) is 0. The molecule has 0 bridgehead atoms. The van der Waals surface area contributed by atoms with Gasteiger partial charge >= 0.3 is 0 Å². The van der Waals surface area contributed by atoms with Crippen LogP contribution in [0.15, 0.2) is 35.4 Å². The second kappa shape index (κ2) is 9.15. The van der Waals surface area contributed by atoms with E-state index in [1.165, 1.54) is 23.0 Å². The predicted octanol–water partition coefficient (Wildman–Crippen LogP) is -1.01. The molecule has 0 unspecified atom stereocenters. The topological polar surface area (TPSA) is 200 Å². The summed E-state index contributed by atoms with van der Waals surface area (Å²) in [5.41, 5.74) is -0.526. The molecule has 5 rings (SSSR count). The van der Waals surface area contributed by atoms with Gasteiger partial charge < -0.3 is 20.1 Å². The van der Waals surface area contributed by atoms with E-state index in [2.05, 4.69) is 20.3 Å². The number of ether oxygens (including phenoxy) is 1. The van der Waals surface area contributed by atoms with Gasteiger partial charge in [0.15, 0.2) is 17.4 Å². The molecule has 2 aliphatic heterocycles. The number of imide groups is 1. The molecule has 0 aliphatic carbocycles. The van der Waals surface area contributed by atoms with Crippen LogP contribution >= 0.6 is 0 Å². The maximum Gasteiger partial charge on any atom is 0.280 e. The molecule has 1 aromatic carbocycles. The van der Waals surface area contributed by atoms with Gasteiger partial charge in [0, 0.05) is 0 Å². The summed E-state index contributed by atoms with van der Waals surface area (Å²) in [6, 6.07) is 5.06. The van der Waals surface area contributed by atoms with Crippen LogP contribution in [0.2, 0.25) is 0 Å². The average Bonchev–Trinajstić information content (AvgIpc) is 3.49. The summed E-state index contributed by atoms with van der Waals surface area (Å²) in [6.45, 7) is 2.79. The number of fused-ring (bicyclic) bond motifs is 2. The second-order valence-corrected chi connectivity index (χ2v) is 9.17. The lowest BCUT2D eigenvalue weighted by Crippen LogP contribution is -2.50. The maximum atomic E-state index is 13.3. The lowest BCUT2D eigenvalue weighted by Gasteiger charge is -2.28. The van der Waals surface area contributed by atoms with E-state index < -0.39 is 66.4 Å². The first kappa shape index (κ1) is 24.7. The van der Waals surface area contributed by atoms with Crippen molar-refractivity contribution in [1.82, 2.24) is 24.4 Å². The summed E-state index contributed by atoms with van der Waals surface area (Å²) in [6.07, 6.45) is -3.94. The van der Waals surface area contributed by atoms with E-state index in [1.54, 1.807) is 26.0 Å². The van der Waals surface area contributed by atoms with Gasteiger partial charge in [0.05, 0.1) is 24.1 Å². The highest BCUT2D eigenvalue weighted by Crippen LogP contribution is 2.31. The highest BCUT2D eigenvalue weighted by molar-refractivity contribution is 6.23. The number of amides is 3. The van der Waals surface area contributed by atoms with Crippen LogP contribution in [0.25, 0.3) is 11.2 Å². The number of carbonyl (C=O) groups is 3. The number of benzene rings is 1. The molecule has 194 valence electrons. The van der Waals surface area contributed by atoms with E-state index in [0.29, 0.717) is 0 Å². The van der Waals surface area contributed by atoms with Gasteiger partial charge in [-0.2, -0.15) is 4.98 Å². The molecule has 1 fully saturated rings. The number of rotatable bonds is 6. The standard InChI is InChI=1S/C23H24N6O8/c1-9(2)14(29-20(35)10-5-3-4-6-11(10)21(29)36)19(34)27-23-25-17-13(18(33)26-23)24-8-28(17)22-16(32)15(31)12(7-30)37-22/h3-6,8-9,12,14-16,22,30-32H,7H2,1-2H3,(H2,25,26,27,33,34)/t12-,14-,15+,16+,22-/m1/s1. The molecule has 5 atom stereocenters. The van der Waals surface area contributed by atoms with Crippen LogP contribution < -0.4 is 10.9 Å². The van der Waals surface area contributed by atoms with Crippen LogP contribution in [-0.4, -0.2) is 88.4 Å². The van der Waals surface area contributed by atoms with E-state index in [4.69, 9.17) is 4.74 Å². The lowest BCUT2D eigenvalue weighted by molar-refractivity contribution is -0.121. The molecule has 0 spiro atoms. The maximum absolute atomic E-state index is 13.3. The zero-order valence-corrected chi connectivity index (χ0v) is 19.7. The van der Waals surface area contributed by atoms with Crippen molar-refractivity contribution >= 4 is 34.8 Å². The highest BCUT2D eigenvalue weighted by atomic mass is 16.6. The van der Waals surface area contributed by atoms with E-state index >= 15 is 0 Å². The van der Waals surface area contributed by atoms with E-state index in [1.807, 2.05) is 0 Å². The SMILES string of the molecule is CC(C)[C@H](C(=O)Nc1nc2c(ncn2[C@@H]2O[C@H](CO)[C@H](O)[C@@H]2O)c(=O)[nH]1)N1C(=O)c2ccccc2C1=O. The molecule has 5 N–H and O–H groups in total. The van der Waals surface area contributed by atoms with Crippen molar-refractivity contribution in [3.05, 3.63) is 52.1 Å². The summed E-state index contributed by atoms with van der Waals surface area (Å²) in [5.74, 6) is -2.74. The molecule has 2 aliphatic rings. The fourth-order valence-corrected chi connectivity index (χ4v) is 4.65. The molecule has 3 amide bonds. The smallest absolute Gasteiger partial charge is 0.280 e. The summed E-state index contributed by atoms with van der Waals surface area (Å²) in [4.78, 5) is 63.4. The van der Waals surface area contributed by atoms with E-state index in [9.17, 15) is 34.5 Å². The Morgan fingerprint density at radius 1 is 1.14 bits per heavy atom. The summed E-state index contributed by atoms with van der Waals surface area (Å²) in [5, 5.41) is 32.3. The van der Waals surface area contributed by atoms with Crippen LogP contribution in [-0.2, 0) is 9.53 Å². The number of aromatic amines is 1. The molecule has 14 heteroatoms. The molecule has 2 aromatic heterocycles. The monoisotopic (exact) mass is 512 g/mol. The number of nitrogens with one attached hydrogen (secondary N) is 2. The first-order valence-corrected chi connectivity index (χ1v) is 11.5. The third-order valence-electron chi connectivity index (χ3n) is 6.47. The number of anilines is 1. The number of hydrogen-bond acceptors (Lipinski definition) is 10. The molecule has 37 heavy (non-hydrogen) atoms. The molecular weight excluding hydrogens is 488 g/mol. The fraction of sp³-hybridized carbons (Fsp3) is 0.391. The Morgan fingerprint density at radius 2 is 1.78 bits per heavy atom. The van der Waals surface area contributed by atoms with Gasteiger partial charge in [-0.1, -0.05) is 26.0 Å². The summed E-state index contributed by atoms with van der Waals surface area (Å²) < 4.78 is 6.69. The lowest BCUT2D eigenvalue weighted by atomic mass is 10.0. The van der Waals surface area contributed by atoms with Crippen molar-refractivity contribution < 1.29 is 34.4 Å². The second-order valence-electron chi connectivity index (χ2n) is 9.17. The third-order valence-corrected chi connectivity index (χ3v) is 6.47. The predicted molar refractivity (Wildman–Crippen MR) is 125 cm³/mol. The van der Waals surface area contributed by atoms with Crippen molar-refractivity contribution in [2.24, 2.45) is 5.92 Å². The Labute approximate surface area is 208 Å². The minimum absolute atomic E-state index is 0.0734. The van der Waals surface area contributed by atoms with Gasteiger partial charge in [-0.25, -0.2) is 4.98 Å². The molecule has 0 radical (unpaired) electrons. The fourth-order valence-electron chi connectivity index (χ4n) is 4.65. The van der Waals surface area contributed by atoms with Gasteiger partial charge in [-0.3, -0.25) is 38.9 Å². The molecule has 3 aromatic rings. The Balaban J connectivity index is 1.46. The van der Waals surface area contributed by atoms with Crippen molar-refractivity contribution in [3.8, 4) is 0 Å². The van der Waals surface area contributed by atoms with Gasteiger partial charge in [0.25, 0.3) is 17.4 Å².